The molecule has 0 saturated heterocycles. The summed E-state index contributed by atoms with van der Waals surface area (Å²) < 4.78 is 2.07. The smallest absolute Gasteiger partial charge is 0.0610 e. The minimum atomic E-state index is 0.162. The zero-order chi connectivity index (χ0) is 9.84. The molecular weight excluding hydrogens is 166 g/mol. The molecule has 13 heavy (non-hydrogen) atoms. The summed E-state index contributed by atoms with van der Waals surface area (Å²) in [5.41, 5.74) is 3.48. The van der Waals surface area contributed by atoms with Crippen molar-refractivity contribution in [3.63, 3.8) is 0 Å². The number of hydrogen-bond donors (Lipinski definition) is 2. The average Bonchev–Trinajstić information content (AvgIpc) is 2.34. The van der Waals surface area contributed by atoms with E-state index < -0.39 is 0 Å². The maximum absolute atomic E-state index is 8.84. The van der Waals surface area contributed by atoms with Gasteiger partial charge in [0.15, 0.2) is 0 Å². The van der Waals surface area contributed by atoms with Crippen molar-refractivity contribution in [2.24, 2.45) is 0 Å². The number of hydrogen-bond acceptors (Lipinski definition) is 2. The molecule has 3 heteroatoms. The van der Waals surface area contributed by atoms with Crippen LogP contribution >= 0.6 is 0 Å². The molecule has 1 aromatic heterocycles. The normalized spacial score (nSPS) is 10.8. The van der Waals surface area contributed by atoms with E-state index in [1.54, 1.807) is 0 Å². The highest BCUT2D eigenvalue weighted by Crippen LogP contribution is 2.14. The summed E-state index contributed by atoms with van der Waals surface area (Å²) in [6.45, 7) is 5.03. The van der Waals surface area contributed by atoms with Gasteiger partial charge in [0.25, 0.3) is 0 Å². The number of aliphatic hydroxyl groups excluding tert-OH is 2. The minimum Gasteiger partial charge on any atom is -0.396 e. The fourth-order valence-electron chi connectivity index (χ4n) is 1.69. The highest BCUT2D eigenvalue weighted by molar-refractivity contribution is 5.26. The van der Waals surface area contributed by atoms with Gasteiger partial charge in [-0.05, 0) is 31.9 Å². The van der Waals surface area contributed by atoms with Gasteiger partial charge in [0.05, 0.1) is 6.61 Å². The Balaban J connectivity index is 2.92. The Labute approximate surface area is 78.6 Å². The van der Waals surface area contributed by atoms with Gasteiger partial charge in [0.2, 0.25) is 0 Å². The maximum Gasteiger partial charge on any atom is 0.0610 e. The molecule has 1 aromatic rings. The van der Waals surface area contributed by atoms with Crippen molar-refractivity contribution in [1.29, 1.82) is 0 Å². The molecule has 2 N–H and O–H groups in total. The first-order valence-electron chi connectivity index (χ1n) is 4.58. The molecule has 3 nitrogen and oxygen atoms in total. The van der Waals surface area contributed by atoms with Crippen LogP contribution in [0.5, 0.6) is 0 Å². The highest BCUT2D eigenvalue weighted by Gasteiger charge is 2.07. The van der Waals surface area contributed by atoms with E-state index in [1.165, 1.54) is 5.56 Å². The van der Waals surface area contributed by atoms with Crippen LogP contribution in [0.15, 0.2) is 6.07 Å². The molecule has 0 bridgehead atoms. The average molecular weight is 183 g/mol. The quantitative estimate of drug-likeness (QED) is 0.719. The standard InChI is InChI=1S/C10H17NO2/c1-8-7-10(3-5-12)9(2)11(8)4-6-13/h7,12-13H,3-6H2,1-2H3. The predicted molar refractivity (Wildman–Crippen MR) is 51.8 cm³/mol. The van der Waals surface area contributed by atoms with Crippen LogP contribution in [-0.2, 0) is 13.0 Å². The Kier molecular flexibility index (Phi) is 3.51. The van der Waals surface area contributed by atoms with Crippen LogP contribution in [0.4, 0.5) is 0 Å². The third kappa shape index (κ3) is 2.11. The molecule has 1 heterocycles. The van der Waals surface area contributed by atoms with Gasteiger partial charge in [-0.1, -0.05) is 0 Å². The molecule has 0 aliphatic rings. The minimum absolute atomic E-state index is 0.162. The molecular formula is C10H17NO2. The third-order valence-corrected chi connectivity index (χ3v) is 2.38. The van der Waals surface area contributed by atoms with E-state index in [1.807, 2.05) is 13.8 Å². The first-order valence-corrected chi connectivity index (χ1v) is 4.58. The highest BCUT2D eigenvalue weighted by atomic mass is 16.3. The van der Waals surface area contributed by atoms with Gasteiger partial charge in [-0.15, -0.1) is 0 Å². The van der Waals surface area contributed by atoms with Crippen LogP contribution in [0.25, 0.3) is 0 Å². The number of aryl methyl sites for hydroxylation is 1. The Bertz CT molecular complexity index is 279. The predicted octanol–water partition coefficient (Wildman–Crippen LogP) is 0.632. The first-order chi connectivity index (χ1) is 6.20. The number of aromatic nitrogens is 1. The van der Waals surface area contributed by atoms with E-state index in [0.717, 1.165) is 11.4 Å². The molecule has 1 rings (SSSR count). The summed E-state index contributed by atoms with van der Waals surface area (Å²) in [6.07, 6.45) is 0.700. The van der Waals surface area contributed by atoms with Crippen molar-refractivity contribution in [2.75, 3.05) is 13.2 Å². The Hall–Kier alpha value is -0.800. The van der Waals surface area contributed by atoms with Gasteiger partial charge in [0, 0.05) is 24.5 Å². The Morgan fingerprint density at radius 3 is 2.46 bits per heavy atom. The summed E-state index contributed by atoms with van der Waals surface area (Å²) in [7, 11) is 0. The molecule has 0 unspecified atom stereocenters. The lowest BCUT2D eigenvalue weighted by molar-refractivity contribution is 0.273. The molecule has 0 fully saturated rings. The van der Waals surface area contributed by atoms with Gasteiger partial charge in [0.1, 0.15) is 0 Å². The molecule has 0 atom stereocenters. The molecule has 0 aromatic carbocycles. The van der Waals surface area contributed by atoms with Crippen molar-refractivity contribution >= 4 is 0 Å². The van der Waals surface area contributed by atoms with E-state index in [4.69, 9.17) is 10.2 Å². The molecule has 0 aliphatic heterocycles. The fourth-order valence-corrected chi connectivity index (χ4v) is 1.69. The topological polar surface area (TPSA) is 45.4 Å². The van der Waals surface area contributed by atoms with Crippen molar-refractivity contribution < 1.29 is 10.2 Å². The van der Waals surface area contributed by atoms with E-state index in [9.17, 15) is 0 Å². The zero-order valence-electron chi connectivity index (χ0n) is 8.25. The van der Waals surface area contributed by atoms with Crippen molar-refractivity contribution in [3.8, 4) is 0 Å². The van der Waals surface area contributed by atoms with Crippen LogP contribution in [0, 0.1) is 13.8 Å². The van der Waals surface area contributed by atoms with Crippen molar-refractivity contribution in [3.05, 3.63) is 23.0 Å². The zero-order valence-corrected chi connectivity index (χ0v) is 8.25. The van der Waals surface area contributed by atoms with Gasteiger partial charge >= 0.3 is 0 Å². The van der Waals surface area contributed by atoms with Gasteiger partial charge in [-0.25, -0.2) is 0 Å². The molecule has 0 aliphatic carbocycles. The second kappa shape index (κ2) is 4.44. The van der Waals surface area contributed by atoms with Crippen LogP contribution in [0.3, 0.4) is 0 Å². The van der Waals surface area contributed by atoms with Crippen LogP contribution in [0.2, 0.25) is 0 Å². The molecule has 0 saturated carbocycles. The van der Waals surface area contributed by atoms with Crippen LogP contribution < -0.4 is 0 Å². The van der Waals surface area contributed by atoms with Crippen LogP contribution in [-0.4, -0.2) is 28.0 Å². The van der Waals surface area contributed by atoms with E-state index in [-0.39, 0.29) is 13.2 Å². The molecule has 0 radical (unpaired) electrons. The summed E-state index contributed by atoms with van der Waals surface area (Å²) in [6, 6.07) is 2.07. The van der Waals surface area contributed by atoms with E-state index in [2.05, 4.69) is 10.6 Å². The molecule has 0 amide bonds. The maximum atomic E-state index is 8.84. The lowest BCUT2D eigenvalue weighted by Gasteiger charge is -2.06. The largest absolute Gasteiger partial charge is 0.396 e. The van der Waals surface area contributed by atoms with Gasteiger partial charge < -0.3 is 14.8 Å². The Morgan fingerprint density at radius 1 is 1.23 bits per heavy atom. The molecule has 74 valence electrons. The second-order valence-corrected chi connectivity index (χ2v) is 3.25. The summed E-state index contributed by atoms with van der Waals surface area (Å²) >= 11 is 0. The monoisotopic (exact) mass is 183 g/mol. The number of nitrogens with zero attached hydrogens (tertiary/aromatic N) is 1. The summed E-state index contributed by atoms with van der Waals surface area (Å²) in [5, 5.41) is 17.7. The van der Waals surface area contributed by atoms with Gasteiger partial charge in [-0.2, -0.15) is 0 Å². The number of aliphatic hydroxyl groups is 2. The fraction of sp³-hybridized carbons (Fsp3) is 0.600. The summed E-state index contributed by atoms with van der Waals surface area (Å²) in [5.74, 6) is 0. The van der Waals surface area contributed by atoms with E-state index in [0.29, 0.717) is 13.0 Å². The van der Waals surface area contributed by atoms with Gasteiger partial charge in [-0.3, -0.25) is 0 Å². The van der Waals surface area contributed by atoms with Crippen molar-refractivity contribution in [1.82, 2.24) is 4.57 Å². The lowest BCUT2D eigenvalue weighted by atomic mass is 10.2. The number of rotatable bonds is 4. The molecule has 0 spiro atoms. The summed E-state index contributed by atoms with van der Waals surface area (Å²) in [4.78, 5) is 0. The third-order valence-electron chi connectivity index (χ3n) is 2.38. The SMILES string of the molecule is Cc1cc(CCO)c(C)n1CCO. The second-order valence-electron chi connectivity index (χ2n) is 3.25. The van der Waals surface area contributed by atoms with Crippen molar-refractivity contribution in [2.45, 2.75) is 26.8 Å². The Morgan fingerprint density at radius 2 is 1.92 bits per heavy atom. The first kappa shape index (κ1) is 10.3. The van der Waals surface area contributed by atoms with E-state index >= 15 is 0 Å². The van der Waals surface area contributed by atoms with Crippen LogP contribution in [0.1, 0.15) is 17.0 Å². The lowest BCUT2D eigenvalue weighted by Crippen LogP contribution is -2.06.